The number of thioether (sulfide) groups is 1. The molecule has 6 heteroatoms. The van der Waals surface area contributed by atoms with Crippen LogP contribution in [0, 0.1) is 0 Å². The number of nitrogens with one attached hydrogen (secondary N) is 1. The first-order valence-electron chi connectivity index (χ1n) is 5.98. The largest absolute Gasteiger partial charge is 0.387 e. The molecule has 0 aliphatic heterocycles. The number of carbonyl (C=O) groups excluding carboxylic acids is 1. The molecule has 1 unspecified atom stereocenters. The van der Waals surface area contributed by atoms with Crippen LogP contribution in [0.15, 0.2) is 10.6 Å². The van der Waals surface area contributed by atoms with E-state index in [1.807, 2.05) is 6.26 Å². The van der Waals surface area contributed by atoms with Crippen molar-refractivity contribution in [1.82, 2.24) is 10.5 Å². The molecule has 1 aliphatic rings. The number of amides is 1. The van der Waals surface area contributed by atoms with Gasteiger partial charge in [-0.15, -0.1) is 0 Å². The van der Waals surface area contributed by atoms with Crippen LogP contribution in [0.5, 0.6) is 0 Å². The van der Waals surface area contributed by atoms with Gasteiger partial charge in [0.2, 0.25) is 0 Å². The lowest BCUT2D eigenvalue weighted by Gasteiger charge is -2.22. The Hall–Kier alpha value is -1.01. The maximum atomic E-state index is 11.8. The van der Waals surface area contributed by atoms with Gasteiger partial charge < -0.3 is 14.9 Å². The van der Waals surface area contributed by atoms with Crippen LogP contribution >= 0.6 is 11.8 Å². The predicted molar refractivity (Wildman–Crippen MR) is 69.8 cm³/mol. The third kappa shape index (κ3) is 3.49. The molecule has 0 bridgehead atoms. The lowest BCUT2D eigenvalue weighted by atomic mass is 10.1. The Bertz CT molecular complexity index is 427. The molecular weight excluding hydrogens is 252 g/mol. The van der Waals surface area contributed by atoms with E-state index in [4.69, 9.17) is 4.52 Å². The van der Waals surface area contributed by atoms with E-state index in [0.717, 1.165) is 18.6 Å². The van der Waals surface area contributed by atoms with E-state index in [0.29, 0.717) is 11.7 Å². The van der Waals surface area contributed by atoms with Crippen LogP contribution in [-0.2, 0) is 0 Å². The highest BCUT2D eigenvalue weighted by molar-refractivity contribution is 7.98. The first-order chi connectivity index (χ1) is 8.52. The van der Waals surface area contributed by atoms with E-state index < -0.39 is 5.60 Å². The Labute approximate surface area is 110 Å². The fourth-order valence-corrected chi connectivity index (χ4v) is 2.40. The molecule has 100 valence electrons. The number of hydrogen-bond donors (Lipinski definition) is 2. The topological polar surface area (TPSA) is 75.4 Å². The van der Waals surface area contributed by atoms with E-state index in [9.17, 15) is 9.90 Å². The predicted octanol–water partition coefficient (Wildman–Crippen LogP) is 1.40. The highest BCUT2D eigenvalue weighted by Gasteiger charge is 2.29. The summed E-state index contributed by atoms with van der Waals surface area (Å²) in [5.41, 5.74) is -0.616. The van der Waals surface area contributed by atoms with Gasteiger partial charge in [0.15, 0.2) is 5.69 Å². The number of rotatable bonds is 6. The zero-order valence-corrected chi connectivity index (χ0v) is 11.4. The summed E-state index contributed by atoms with van der Waals surface area (Å²) < 4.78 is 5.11. The molecule has 2 N–H and O–H groups in total. The Kier molecular flexibility index (Phi) is 3.97. The number of aliphatic hydroxyl groups is 1. The van der Waals surface area contributed by atoms with Gasteiger partial charge in [-0.3, -0.25) is 4.79 Å². The molecule has 0 radical (unpaired) electrons. The van der Waals surface area contributed by atoms with Crippen LogP contribution in [0.2, 0.25) is 0 Å². The molecule has 18 heavy (non-hydrogen) atoms. The van der Waals surface area contributed by atoms with Crippen LogP contribution in [0.4, 0.5) is 0 Å². The summed E-state index contributed by atoms with van der Waals surface area (Å²) in [7, 11) is 0. The van der Waals surface area contributed by atoms with E-state index in [2.05, 4.69) is 10.5 Å². The lowest BCUT2D eigenvalue weighted by Crippen LogP contribution is -2.42. The normalized spacial score (nSPS) is 18.4. The second kappa shape index (κ2) is 5.32. The third-order valence-corrected chi connectivity index (χ3v) is 3.74. The number of aromatic nitrogens is 1. The molecule has 2 rings (SSSR count). The van der Waals surface area contributed by atoms with Gasteiger partial charge in [-0.2, -0.15) is 11.8 Å². The molecule has 1 amide bonds. The van der Waals surface area contributed by atoms with Crippen molar-refractivity contribution in [3.05, 3.63) is 17.5 Å². The molecule has 0 saturated heterocycles. The second-order valence-corrected chi connectivity index (χ2v) is 5.87. The Balaban J connectivity index is 1.86. The quantitative estimate of drug-likeness (QED) is 0.817. The van der Waals surface area contributed by atoms with Gasteiger partial charge in [0.05, 0.1) is 5.60 Å². The average molecular weight is 270 g/mol. The van der Waals surface area contributed by atoms with E-state index in [-0.39, 0.29) is 18.1 Å². The average Bonchev–Trinajstić information content (AvgIpc) is 3.04. The van der Waals surface area contributed by atoms with Gasteiger partial charge in [-0.1, -0.05) is 5.16 Å². The Morgan fingerprint density at radius 3 is 3.06 bits per heavy atom. The molecule has 0 aromatic carbocycles. The van der Waals surface area contributed by atoms with Crippen molar-refractivity contribution in [3.63, 3.8) is 0 Å². The van der Waals surface area contributed by atoms with Crippen molar-refractivity contribution < 1.29 is 14.4 Å². The smallest absolute Gasteiger partial charge is 0.273 e. The highest BCUT2D eigenvalue weighted by atomic mass is 32.2. The third-order valence-electron chi connectivity index (χ3n) is 2.83. The molecule has 1 aromatic heterocycles. The van der Waals surface area contributed by atoms with E-state index >= 15 is 0 Å². The molecule has 5 nitrogen and oxygen atoms in total. The van der Waals surface area contributed by atoms with Gasteiger partial charge in [0, 0.05) is 24.3 Å². The van der Waals surface area contributed by atoms with E-state index in [1.54, 1.807) is 13.0 Å². The highest BCUT2D eigenvalue weighted by Crippen LogP contribution is 2.40. The second-order valence-electron chi connectivity index (χ2n) is 5.00. The SMILES string of the molecule is CSCC(C)(O)CNC(=O)c1cc(C2CC2)on1. The molecule has 1 atom stereocenters. The zero-order chi connectivity index (χ0) is 13.2. The van der Waals surface area contributed by atoms with Crippen molar-refractivity contribution in [1.29, 1.82) is 0 Å². The summed E-state index contributed by atoms with van der Waals surface area (Å²) in [5, 5.41) is 16.4. The maximum Gasteiger partial charge on any atom is 0.273 e. The summed E-state index contributed by atoms with van der Waals surface area (Å²) in [5.74, 6) is 1.50. The molecule has 0 spiro atoms. The first-order valence-corrected chi connectivity index (χ1v) is 7.37. The summed E-state index contributed by atoms with van der Waals surface area (Å²) >= 11 is 1.54. The molecule has 1 fully saturated rings. The van der Waals surface area contributed by atoms with Crippen LogP contribution in [-0.4, -0.2) is 40.3 Å². The van der Waals surface area contributed by atoms with Crippen LogP contribution in [0.1, 0.15) is 41.9 Å². The molecule has 1 saturated carbocycles. The molecule has 1 heterocycles. The fourth-order valence-electron chi connectivity index (χ4n) is 1.68. The Morgan fingerprint density at radius 2 is 2.44 bits per heavy atom. The number of carbonyl (C=O) groups is 1. The van der Waals surface area contributed by atoms with Crippen molar-refractivity contribution in [3.8, 4) is 0 Å². The summed E-state index contributed by atoms with van der Waals surface area (Å²) in [4.78, 5) is 11.8. The standard InChI is InChI=1S/C12H18N2O3S/c1-12(16,7-18-2)6-13-11(15)9-5-10(17-14-9)8-3-4-8/h5,8,16H,3-4,6-7H2,1-2H3,(H,13,15). The molecule has 1 aliphatic carbocycles. The van der Waals surface area contributed by atoms with Gasteiger partial charge >= 0.3 is 0 Å². The minimum absolute atomic E-state index is 0.207. The van der Waals surface area contributed by atoms with Crippen LogP contribution < -0.4 is 5.32 Å². The van der Waals surface area contributed by atoms with Crippen LogP contribution in [0.25, 0.3) is 0 Å². The Morgan fingerprint density at radius 1 is 1.72 bits per heavy atom. The van der Waals surface area contributed by atoms with Crippen molar-refractivity contribution in [2.75, 3.05) is 18.6 Å². The number of hydrogen-bond acceptors (Lipinski definition) is 5. The fraction of sp³-hybridized carbons (Fsp3) is 0.667. The monoisotopic (exact) mass is 270 g/mol. The summed E-state index contributed by atoms with van der Waals surface area (Å²) in [6.45, 7) is 1.90. The maximum absolute atomic E-state index is 11.8. The van der Waals surface area contributed by atoms with Gasteiger partial charge in [0.1, 0.15) is 5.76 Å². The zero-order valence-electron chi connectivity index (χ0n) is 10.6. The lowest BCUT2D eigenvalue weighted by molar-refractivity contribution is 0.0720. The van der Waals surface area contributed by atoms with Gasteiger partial charge in [-0.25, -0.2) is 0 Å². The summed E-state index contributed by atoms with van der Waals surface area (Å²) in [6, 6.07) is 1.69. The van der Waals surface area contributed by atoms with Crippen molar-refractivity contribution >= 4 is 17.7 Å². The molecule has 1 aromatic rings. The van der Waals surface area contributed by atoms with Crippen LogP contribution in [0.3, 0.4) is 0 Å². The summed E-state index contributed by atoms with van der Waals surface area (Å²) in [6.07, 6.45) is 4.13. The van der Waals surface area contributed by atoms with Crippen molar-refractivity contribution in [2.24, 2.45) is 0 Å². The molecular formula is C12H18N2O3S. The van der Waals surface area contributed by atoms with Gasteiger partial charge in [-0.05, 0) is 26.0 Å². The minimum atomic E-state index is -0.905. The van der Waals surface area contributed by atoms with Crippen molar-refractivity contribution in [2.45, 2.75) is 31.3 Å². The minimum Gasteiger partial charge on any atom is -0.387 e. The van der Waals surface area contributed by atoms with E-state index in [1.165, 1.54) is 11.8 Å². The first kappa shape index (κ1) is 13.4. The number of nitrogens with zero attached hydrogens (tertiary/aromatic N) is 1. The van der Waals surface area contributed by atoms with Gasteiger partial charge in [0.25, 0.3) is 5.91 Å².